The first-order valence-electron chi connectivity index (χ1n) is 8.90. The van der Waals surface area contributed by atoms with E-state index >= 15 is 4.39 Å². The molecule has 0 saturated heterocycles. The minimum absolute atomic E-state index is 0.377. The smallest absolute Gasteiger partial charge is 0.161 e. The van der Waals surface area contributed by atoms with Crippen molar-refractivity contribution in [1.29, 1.82) is 0 Å². The summed E-state index contributed by atoms with van der Waals surface area (Å²) in [6.07, 6.45) is 7.49. The van der Waals surface area contributed by atoms with Gasteiger partial charge in [0.2, 0.25) is 0 Å². The van der Waals surface area contributed by atoms with Crippen molar-refractivity contribution in [3.8, 4) is 11.4 Å². The van der Waals surface area contributed by atoms with Gasteiger partial charge in [0.15, 0.2) is 6.17 Å². The lowest BCUT2D eigenvalue weighted by atomic mass is 10.1. The molecule has 4 nitrogen and oxygen atoms in total. The number of halogens is 1. The first-order valence-corrected chi connectivity index (χ1v) is 11.2. The standard InChI is InChI=1S/C20H23FN4S/c1-23-7-8-26(2)14-24(11-16(26)10-23)12-18(21)19-13-25-9-15-5-3-4-6-17(15)20(25)22-19/h3-8,11,13,18H,9-10,12,14H2,1-2H3. The summed E-state index contributed by atoms with van der Waals surface area (Å²) in [6, 6.07) is 8.24. The monoisotopic (exact) mass is 370 g/mol. The van der Waals surface area contributed by atoms with E-state index in [2.05, 4.69) is 62.6 Å². The zero-order valence-corrected chi connectivity index (χ0v) is 15.9. The molecule has 0 amide bonds. The molecule has 1 aromatic carbocycles. The Morgan fingerprint density at radius 2 is 2.12 bits per heavy atom. The fourth-order valence-electron chi connectivity index (χ4n) is 4.03. The molecule has 0 fully saturated rings. The quantitative estimate of drug-likeness (QED) is 0.699. The van der Waals surface area contributed by atoms with Crippen LogP contribution in [0.1, 0.15) is 17.4 Å². The Bertz CT molecular complexity index is 934. The molecule has 3 aliphatic rings. The average Bonchev–Trinajstić information content (AvgIpc) is 3.25. The Kier molecular flexibility index (Phi) is 3.47. The van der Waals surface area contributed by atoms with Crippen LogP contribution in [-0.4, -0.2) is 51.6 Å². The maximum Gasteiger partial charge on any atom is 0.161 e. The van der Waals surface area contributed by atoms with Crippen LogP contribution in [0, 0.1) is 0 Å². The third-order valence-electron chi connectivity index (χ3n) is 5.49. The highest BCUT2D eigenvalue weighted by atomic mass is 32.3. The third-order valence-corrected chi connectivity index (χ3v) is 8.51. The van der Waals surface area contributed by atoms with E-state index in [1.165, 1.54) is 10.5 Å². The van der Waals surface area contributed by atoms with Crippen LogP contribution in [0.2, 0.25) is 0 Å². The molecule has 0 saturated carbocycles. The summed E-state index contributed by atoms with van der Waals surface area (Å²) < 4.78 is 17.1. The Balaban J connectivity index is 1.34. The van der Waals surface area contributed by atoms with E-state index in [1.807, 2.05) is 18.3 Å². The maximum absolute atomic E-state index is 15.0. The number of hydrogen-bond acceptors (Lipinski definition) is 3. The third kappa shape index (κ3) is 2.47. The summed E-state index contributed by atoms with van der Waals surface area (Å²) >= 11 is 0. The zero-order valence-electron chi connectivity index (χ0n) is 15.1. The van der Waals surface area contributed by atoms with Crippen molar-refractivity contribution < 1.29 is 4.39 Å². The summed E-state index contributed by atoms with van der Waals surface area (Å²) in [7, 11) is 1.17. The molecule has 6 heteroatoms. The fraction of sp³-hybridized carbons (Fsp3) is 0.350. The van der Waals surface area contributed by atoms with Crippen LogP contribution >= 0.6 is 10.0 Å². The van der Waals surface area contributed by atoms with Crippen molar-refractivity contribution >= 4 is 10.0 Å². The summed E-state index contributed by atoms with van der Waals surface area (Å²) in [5.74, 6) is 1.82. The normalized spacial score (nSPS) is 26.8. The van der Waals surface area contributed by atoms with Gasteiger partial charge < -0.3 is 14.4 Å². The maximum atomic E-state index is 15.0. The van der Waals surface area contributed by atoms with Gasteiger partial charge in [-0.1, -0.05) is 24.3 Å². The van der Waals surface area contributed by atoms with E-state index in [0.717, 1.165) is 30.4 Å². The highest BCUT2D eigenvalue weighted by Gasteiger charge is 2.34. The van der Waals surface area contributed by atoms with E-state index in [0.29, 0.717) is 12.2 Å². The lowest BCUT2D eigenvalue weighted by molar-refractivity contribution is 0.259. The van der Waals surface area contributed by atoms with Gasteiger partial charge in [-0.15, -0.1) is 0 Å². The fourth-order valence-corrected chi connectivity index (χ4v) is 6.69. The number of likely N-dealkylation sites (N-methyl/N-ethyl adjacent to an activating group) is 1. The van der Waals surface area contributed by atoms with Gasteiger partial charge in [0.1, 0.15) is 5.82 Å². The van der Waals surface area contributed by atoms with Gasteiger partial charge in [-0.3, -0.25) is 0 Å². The van der Waals surface area contributed by atoms with Crippen molar-refractivity contribution in [3.05, 3.63) is 64.4 Å². The molecule has 2 unspecified atom stereocenters. The molecule has 5 rings (SSSR count). The van der Waals surface area contributed by atoms with E-state index < -0.39 is 16.2 Å². The number of alkyl halides is 1. The number of aromatic nitrogens is 2. The van der Waals surface area contributed by atoms with E-state index in [9.17, 15) is 0 Å². The summed E-state index contributed by atoms with van der Waals surface area (Å²) in [5, 5.41) is 2.32. The van der Waals surface area contributed by atoms with Crippen LogP contribution in [0.4, 0.5) is 4.39 Å². The summed E-state index contributed by atoms with van der Waals surface area (Å²) in [5.41, 5.74) is 2.94. The Hall–Kier alpha value is -2.21. The van der Waals surface area contributed by atoms with Crippen molar-refractivity contribution in [2.24, 2.45) is 0 Å². The SMILES string of the molecule is CN1C=CS2(C)CN(CC(F)c3cn4c(n3)-c3ccccc3C4)C=C2C1. The molecule has 0 spiro atoms. The highest BCUT2D eigenvalue weighted by molar-refractivity contribution is 8.38. The molecule has 2 aromatic rings. The summed E-state index contributed by atoms with van der Waals surface area (Å²) in [4.78, 5) is 10.4. The van der Waals surface area contributed by atoms with Crippen LogP contribution in [0.15, 0.2) is 53.2 Å². The molecule has 26 heavy (non-hydrogen) atoms. The zero-order chi connectivity index (χ0) is 17.9. The average molecular weight is 370 g/mol. The summed E-state index contributed by atoms with van der Waals surface area (Å²) in [6.45, 7) is 2.12. The predicted molar refractivity (Wildman–Crippen MR) is 106 cm³/mol. The van der Waals surface area contributed by atoms with Gasteiger partial charge in [-0.25, -0.2) is 9.37 Å². The molecule has 2 atom stereocenters. The van der Waals surface area contributed by atoms with Crippen LogP contribution in [0.25, 0.3) is 11.4 Å². The van der Waals surface area contributed by atoms with Crippen molar-refractivity contribution in [2.45, 2.75) is 12.7 Å². The van der Waals surface area contributed by atoms with Gasteiger partial charge in [0, 0.05) is 49.2 Å². The number of hydrogen-bond donors (Lipinski definition) is 0. The molecular formula is C20H23FN4S. The molecule has 136 valence electrons. The van der Waals surface area contributed by atoms with Crippen LogP contribution in [0.5, 0.6) is 0 Å². The minimum Gasteiger partial charge on any atom is -0.375 e. The van der Waals surface area contributed by atoms with Crippen LogP contribution < -0.4 is 0 Å². The number of imidazole rings is 1. The predicted octanol–water partition coefficient (Wildman–Crippen LogP) is 3.89. The molecular weight excluding hydrogens is 347 g/mol. The molecule has 4 heterocycles. The molecule has 0 aliphatic carbocycles. The van der Waals surface area contributed by atoms with Gasteiger partial charge in [0.25, 0.3) is 0 Å². The second-order valence-electron chi connectivity index (χ2n) is 7.60. The molecule has 0 radical (unpaired) electrons. The lowest BCUT2D eigenvalue weighted by Crippen LogP contribution is -2.23. The van der Waals surface area contributed by atoms with Gasteiger partial charge in [0.05, 0.1) is 18.1 Å². The van der Waals surface area contributed by atoms with E-state index in [1.54, 1.807) is 0 Å². The second-order valence-corrected chi connectivity index (χ2v) is 11.0. The Morgan fingerprint density at radius 3 is 3.00 bits per heavy atom. The first kappa shape index (κ1) is 16.0. The molecule has 3 aliphatic heterocycles. The second kappa shape index (κ2) is 5.64. The minimum atomic E-state index is -1.07. The number of benzene rings is 1. The number of nitrogens with zero attached hydrogens (tertiary/aromatic N) is 4. The van der Waals surface area contributed by atoms with Crippen molar-refractivity contribution in [2.75, 3.05) is 32.3 Å². The Labute approximate surface area is 154 Å². The van der Waals surface area contributed by atoms with E-state index in [-0.39, 0.29) is 0 Å². The number of rotatable bonds is 3. The highest BCUT2D eigenvalue weighted by Crippen LogP contribution is 2.59. The van der Waals surface area contributed by atoms with Crippen LogP contribution in [-0.2, 0) is 6.54 Å². The molecule has 1 aromatic heterocycles. The van der Waals surface area contributed by atoms with Crippen LogP contribution in [0.3, 0.4) is 0 Å². The molecule has 0 N–H and O–H groups in total. The van der Waals surface area contributed by atoms with Gasteiger partial charge in [-0.2, -0.15) is 10.0 Å². The topological polar surface area (TPSA) is 24.3 Å². The van der Waals surface area contributed by atoms with Gasteiger partial charge >= 0.3 is 0 Å². The molecule has 0 bridgehead atoms. The van der Waals surface area contributed by atoms with Crippen molar-refractivity contribution in [3.63, 3.8) is 0 Å². The lowest BCUT2D eigenvalue weighted by Gasteiger charge is -2.37. The van der Waals surface area contributed by atoms with Crippen molar-refractivity contribution in [1.82, 2.24) is 19.4 Å². The van der Waals surface area contributed by atoms with Gasteiger partial charge in [-0.05, 0) is 17.2 Å². The Morgan fingerprint density at radius 1 is 1.27 bits per heavy atom. The number of fused-ring (bicyclic) bond motifs is 4. The van der Waals surface area contributed by atoms with E-state index in [4.69, 9.17) is 0 Å². The largest absolute Gasteiger partial charge is 0.375 e. The first-order chi connectivity index (χ1) is 12.5.